The van der Waals surface area contributed by atoms with Crippen molar-refractivity contribution in [1.29, 1.82) is 0 Å². The maximum Gasteiger partial charge on any atom is 0.243 e. The molecule has 1 amide bonds. The molecule has 0 saturated carbocycles. The van der Waals surface area contributed by atoms with E-state index in [2.05, 4.69) is 65.1 Å². The number of amides is 1. The summed E-state index contributed by atoms with van der Waals surface area (Å²) in [6.07, 6.45) is 1.02. The van der Waals surface area contributed by atoms with Crippen LogP contribution in [-0.4, -0.2) is 79.4 Å². The van der Waals surface area contributed by atoms with Crippen molar-refractivity contribution in [3.8, 4) is 0 Å². The molecule has 1 saturated heterocycles. The summed E-state index contributed by atoms with van der Waals surface area (Å²) >= 11 is 0. The molecule has 150 valence electrons. The Morgan fingerprint density at radius 1 is 1.26 bits per heavy atom. The first-order chi connectivity index (χ1) is 12.9. The normalized spacial score (nSPS) is 16.9. The number of nitrogens with one attached hydrogen (secondary N) is 1. The lowest BCUT2D eigenvalue weighted by molar-refractivity contribution is -0.127. The van der Waals surface area contributed by atoms with Crippen LogP contribution in [0.4, 0.5) is 0 Å². The largest absolute Gasteiger partial charge is 0.354 e. The smallest absolute Gasteiger partial charge is 0.243 e. The van der Waals surface area contributed by atoms with Crippen LogP contribution < -0.4 is 5.32 Å². The zero-order valence-corrected chi connectivity index (χ0v) is 17.5. The van der Waals surface area contributed by atoms with Gasteiger partial charge in [-0.3, -0.25) is 9.69 Å². The van der Waals surface area contributed by atoms with Gasteiger partial charge >= 0.3 is 0 Å². The van der Waals surface area contributed by atoms with Crippen LogP contribution in [0.2, 0.25) is 0 Å². The van der Waals surface area contributed by atoms with Gasteiger partial charge in [0.05, 0.1) is 0 Å². The summed E-state index contributed by atoms with van der Waals surface area (Å²) in [5.41, 5.74) is 2.68. The van der Waals surface area contributed by atoms with Crippen molar-refractivity contribution in [2.75, 3.05) is 46.8 Å². The summed E-state index contributed by atoms with van der Waals surface area (Å²) in [7, 11) is 3.54. The second-order valence-corrected chi connectivity index (χ2v) is 7.63. The fourth-order valence-electron chi connectivity index (χ4n) is 3.03. The summed E-state index contributed by atoms with van der Waals surface area (Å²) < 4.78 is 0. The highest BCUT2D eigenvalue weighted by atomic mass is 16.2. The predicted octanol–water partition coefficient (Wildman–Crippen LogP) is 1.94. The summed E-state index contributed by atoms with van der Waals surface area (Å²) in [6.45, 7) is 11.5. The number of aliphatic imine (C=N–C) groups is 1. The number of guanidine groups is 1. The third-order valence-electron chi connectivity index (χ3n) is 5.01. The molecule has 1 aromatic rings. The number of carbonyl (C=O) groups excluding carboxylic acids is 1. The van der Waals surface area contributed by atoms with Gasteiger partial charge in [0.25, 0.3) is 0 Å². The lowest BCUT2D eigenvalue weighted by Gasteiger charge is -2.37. The molecule has 1 fully saturated rings. The fourth-order valence-corrected chi connectivity index (χ4v) is 3.03. The minimum absolute atomic E-state index is 0.0246. The predicted molar refractivity (Wildman–Crippen MR) is 112 cm³/mol. The van der Waals surface area contributed by atoms with E-state index in [1.165, 1.54) is 11.1 Å². The van der Waals surface area contributed by atoms with E-state index < -0.39 is 0 Å². The molecular formula is C21H35N5O. The Labute approximate surface area is 164 Å². The first kappa shape index (κ1) is 21.2. The van der Waals surface area contributed by atoms with E-state index in [9.17, 15) is 4.79 Å². The molecule has 6 nitrogen and oxygen atoms in total. The average Bonchev–Trinajstić information content (AvgIpc) is 2.65. The number of benzene rings is 1. The van der Waals surface area contributed by atoms with Crippen LogP contribution in [0.3, 0.4) is 0 Å². The van der Waals surface area contributed by atoms with Gasteiger partial charge in [-0.25, -0.2) is 4.99 Å². The van der Waals surface area contributed by atoms with Crippen LogP contribution in [0.25, 0.3) is 0 Å². The van der Waals surface area contributed by atoms with Crippen molar-refractivity contribution in [3.05, 3.63) is 35.4 Å². The quantitative estimate of drug-likeness (QED) is 0.612. The average molecular weight is 374 g/mol. The Morgan fingerprint density at radius 2 is 1.96 bits per heavy atom. The minimum Gasteiger partial charge on any atom is -0.354 e. The van der Waals surface area contributed by atoms with Crippen molar-refractivity contribution in [2.24, 2.45) is 4.99 Å². The first-order valence-corrected chi connectivity index (χ1v) is 9.93. The molecular weight excluding hydrogens is 338 g/mol. The van der Waals surface area contributed by atoms with E-state index in [1.54, 1.807) is 19.0 Å². The number of likely N-dealkylation sites (N-methyl/N-ethyl adjacent to an activating group) is 1. The molecule has 0 aliphatic carbocycles. The van der Waals surface area contributed by atoms with Crippen LogP contribution in [0.15, 0.2) is 29.3 Å². The third kappa shape index (κ3) is 6.86. The van der Waals surface area contributed by atoms with Crippen molar-refractivity contribution in [1.82, 2.24) is 20.0 Å². The molecule has 0 spiro atoms. The fraction of sp³-hybridized carbons (Fsp3) is 0.619. The van der Waals surface area contributed by atoms with Gasteiger partial charge in [0.1, 0.15) is 6.54 Å². The maximum absolute atomic E-state index is 11.9. The van der Waals surface area contributed by atoms with Gasteiger partial charge in [-0.2, -0.15) is 0 Å². The van der Waals surface area contributed by atoms with Gasteiger partial charge in [0, 0.05) is 52.9 Å². The van der Waals surface area contributed by atoms with E-state index >= 15 is 0 Å². The summed E-state index contributed by atoms with van der Waals surface area (Å²) in [4.78, 5) is 22.9. The van der Waals surface area contributed by atoms with Gasteiger partial charge in [-0.1, -0.05) is 36.8 Å². The highest BCUT2D eigenvalue weighted by Gasteiger charge is 2.21. The molecule has 2 rings (SSSR count). The highest BCUT2D eigenvalue weighted by molar-refractivity contribution is 5.85. The third-order valence-corrected chi connectivity index (χ3v) is 5.01. The van der Waals surface area contributed by atoms with E-state index in [0.717, 1.165) is 45.1 Å². The van der Waals surface area contributed by atoms with Gasteiger partial charge in [-0.05, 0) is 25.8 Å². The lowest BCUT2D eigenvalue weighted by atomic mass is 10.1. The number of hydrogen-bond acceptors (Lipinski definition) is 3. The van der Waals surface area contributed by atoms with E-state index in [-0.39, 0.29) is 12.5 Å². The van der Waals surface area contributed by atoms with Crippen LogP contribution >= 0.6 is 0 Å². The number of aryl methyl sites for hydroxylation is 1. The lowest BCUT2D eigenvalue weighted by Crippen LogP contribution is -2.53. The van der Waals surface area contributed by atoms with E-state index in [1.807, 2.05) is 0 Å². The molecule has 6 heteroatoms. The number of hydrogen-bond donors (Lipinski definition) is 1. The van der Waals surface area contributed by atoms with Crippen molar-refractivity contribution in [2.45, 2.75) is 39.8 Å². The molecule has 1 aliphatic rings. The Hall–Kier alpha value is -2.08. The summed E-state index contributed by atoms with van der Waals surface area (Å²) in [6, 6.07) is 9.06. The maximum atomic E-state index is 11.9. The molecule has 0 aromatic heterocycles. The Bertz CT molecular complexity index is 635. The number of nitrogens with zero attached hydrogens (tertiary/aromatic N) is 4. The number of carbonyl (C=O) groups is 1. The summed E-state index contributed by atoms with van der Waals surface area (Å²) in [5.74, 6) is 0.881. The standard InChI is InChI=1S/C21H35N5O/c1-6-18(3)23-21(22-15-20(27)24(4)5)26-12-10-25(11-13-26)16-19-9-7-8-17(2)14-19/h7-9,14,18H,6,10-13,15-16H2,1-5H3,(H,22,23). The van der Waals surface area contributed by atoms with Gasteiger partial charge < -0.3 is 15.1 Å². The molecule has 1 unspecified atom stereocenters. The number of piperazine rings is 1. The van der Waals surface area contributed by atoms with Crippen molar-refractivity contribution in [3.63, 3.8) is 0 Å². The zero-order chi connectivity index (χ0) is 19.8. The SMILES string of the molecule is CCC(C)NC(=NCC(=O)N(C)C)N1CCN(Cc2cccc(C)c2)CC1. The van der Waals surface area contributed by atoms with Gasteiger partial charge in [0.2, 0.25) is 5.91 Å². The Morgan fingerprint density at radius 3 is 2.56 bits per heavy atom. The van der Waals surface area contributed by atoms with E-state index in [4.69, 9.17) is 0 Å². The first-order valence-electron chi connectivity index (χ1n) is 9.93. The zero-order valence-electron chi connectivity index (χ0n) is 17.5. The Kier molecular flexibility index (Phi) is 8.10. The molecule has 0 bridgehead atoms. The summed E-state index contributed by atoms with van der Waals surface area (Å²) in [5, 5.41) is 3.49. The number of rotatable bonds is 6. The van der Waals surface area contributed by atoms with Crippen molar-refractivity contribution >= 4 is 11.9 Å². The van der Waals surface area contributed by atoms with Crippen LogP contribution in [0, 0.1) is 6.92 Å². The van der Waals surface area contributed by atoms with Gasteiger partial charge in [0.15, 0.2) is 5.96 Å². The molecule has 27 heavy (non-hydrogen) atoms. The Balaban J connectivity index is 1.95. The van der Waals surface area contributed by atoms with E-state index in [0.29, 0.717) is 6.04 Å². The van der Waals surface area contributed by atoms with Crippen LogP contribution in [0.5, 0.6) is 0 Å². The van der Waals surface area contributed by atoms with Gasteiger partial charge in [-0.15, -0.1) is 0 Å². The minimum atomic E-state index is 0.0246. The monoisotopic (exact) mass is 373 g/mol. The molecule has 1 aromatic carbocycles. The van der Waals surface area contributed by atoms with Crippen molar-refractivity contribution < 1.29 is 4.79 Å². The van der Waals surface area contributed by atoms with Crippen LogP contribution in [0.1, 0.15) is 31.4 Å². The second-order valence-electron chi connectivity index (χ2n) is 7.63. The molecule has 1 N–H and O–H groups in total. The highest BCUT2D eigenvalue weighted by Crippen LogP contribution is 2.11. The second kappa shape index (κ2) is 10.3. The molecule has 1 aliphatic heterocycles. The topological polar surface area (TPSA) is 51.2 Å². The molecule has 1 atom stereocenters. The molecule has 1 heterocycles. The molecule has 0 radical (unpaired) electrons. The van der Waals surface area contributed by atoms with Crippen LogP contribution in [-0.2, 0) is 11.3 Å².